The van der Waals surface area contributed by atoms with Crippen LogP contribution in [0.3, 0.4) is 0 Å². The van der Waals surface area contributed by atoms with E-state index >= 15 is 0 Å². The van der Waals surface area contributed by atoms with Crippen molar-refractivity contribution in [3.05, 3.63) is 39.9 Å². The summed E-state index contributed by atoms with van der Waals surface area (Å²) >= 11 is 0. The van der Waals surface area contributed by atoms with Gasteiger partial charge in [0.05, 0.1) is 11.0 Å². The average Bonchev–Trinajstić information content (AvgIpc) is 2.49. The molecule has 20 heavy (non-hydrogen) atoms. The first-order valence-electron chi connectivity index (χ1n) is 6.87. The summed E-state index contributed by atoms with van der Waals surface area (Å²) in [6.07, 6.45) is 0.710. The zero-order chi connectivity index (χ0) is 14.5. The van der Waals surface area contributed by atoms with Crippen LogP contribution in [0.1, 0.15) is 23.7 Å². The van der Waals surface area contributed by atoms with Gasteiger partial charge in [0, 0.05) is 43.9 Å². The van der Waals surface area contributed by atoms with E-state index in [2.05, 4.69) is 10.2 Å². The standard InChI is InChI=1S/C14H19N3O3/c1-2-13(16-8-6-15-7-9-16)14(18)11-4-3-5-12(10-11)17(19)20/h3-5,10,13,15H,2,6-9H2,1H3. The molecule has 6 nitrogen and oxygen atoms in total. The molecule has 1 aliphatic heterocycles. The van der Waals surface area contributed by atoms with Crippen molar-refractivity contribution >= 4 is 11.5 Å². The van der Waals surface area contributed by atoms with Gasteiger partial charge in [-0.1, -0.05) is 19.1 Å². The Hall–Kier alpha value is -1.79. The average molecular weight is 277 g/mol. The van der Waals surface area contributed by atoms with Crippen LogP contribution in [0.25, 0.3) is 0 Å². The summed E-state index contributed by atoms with van der Waals surface area (Å²) in [5.74, 6) is -0.0295. The fourth-order valence-electron chi connectivity index (χ4n) is 2.57. The largest absolute Gasteiger partial charge is 0.314 e. The van der Waals surface area contributed by atoms with Gasteiger partial charge < -0.3 is 5.32 Å². The number of nitro benzene ring substituents is 1. The van der Waals surface area contributed by atoms with E-state index in [9.17, 15) is 14.9 Å². The highest BCUT2D eigenvalue weighted by atomic mass is 16.6. The van der Waals surface area contributed by atoms with Crippen molar-refractivity contribution < 1.29 is 9.72 Å². The summed E-state index contributed by atoms with van der Waals surface area (Å²) in [5.41, 5.74) is 0.385. The number of carbonyl (C=O) groups excluding carboxylic acids is 1. The highest BCUT2D eigenvalue weighted by Gasteiger charge is 2.27. The van der Waals surface area contributed by atoms with Crippen molar-refractivity contribution in [2.24, 2.45) is 0 Å². The number of nitrogens with one attached hydrogen (secondary N) is 1. The minimum atomic E-state index is -0.470. The Kier molecular flexibility index (Phi) is 4.81. The number of Topliss-reactive ketones (excluding diaryl/α,β-unsaturated/α-hetero) is 1. The second kappa shape index (κ2) is 6.58. The molecule has 1 aromatic rings. The van der Waals surface area contributed by atoms with E-state index in [1.165, 1.54) is 12.1 Å². The van der Waals surface area contributed by atoms with E-state index in [1.807, 2.05) is 6.92 Å². The van der Waals surface area contributed by atoms with Gasteiger partial charge >= 0.3 is 0 Å². The summed E-state index contributed by atoms with van der Waals surface area (Å²) in [7, 11) is 0. The summed E-state index contributed by atoms with van der Waals surface area (Å²) in [5, 5.41) is 14.0. The minimum Gasteiger partial charge on any atom is -0.314 e. The van der Waals surface area contributed by atoms with E-state index in [0.717, 1.165) is 26.2 Å². The molecule has 1 unspecified atom stereocenters. The lowest BCUT2D eigenvalue weighted by Gasteiger charge is -2.33. The van der Waals surface area contributed by atoms with E-state index in [-0.39, 0.29) is 17.5 Å². The lowest BCUT2D eigenvalue weighted by atomic mass is 9.99. The molecule has 0 amide bonds. The Balaban J connectivity index is 2.19. The minimum absolute atomic E-state index is 0.0295. The molecule has 0 saturated carbocycles. The molecule has 6 heteroatoms. The number of ketones is 1. The molecule has 1 fully saturated rings. The van der Waals surface area contributed by atoms with Gasteiger partial charge in [0.25, 0.3) is 5.69 Å². The second-order valence-corrected chi connectivity index (χ2v) is 4.88. The molecule has 1 N–H and O–H groups in total. The molecule has 0 bridgehead atoms. The normalized spacial score (nSPS) is 17.6. The Morgan fingerprint density at radius 2 is 2.15 bits per heavy atom. The zero-order valence-electron chi connectivity index (χ0n) is 11.5. The van der Waals surface area contributed by atoms with Crippen molar-refractivity contribution in [2.75, 3.05) is 26.2 Å². The van der Waals surface area contributed by atoms with Gasteiger partial charge in [0.1, 0.15) is 0 Å². The number of rotatable bonds is 5. The molecule has 1 aromatic carbocycles. The van der Waals surface area contributed by atoms with Gasteiger partial charge in [0.2, 0.25) is 0 Å². The molecule has 108 valence electrons. The highest BCUT2D eigenvalue weighted by molar-refractivity contribution is 6.00. The van der Waals surface area contributed by atoms with Gasteiger partial charge in [-0.3, -0.25) is 19.8 Å². The predicted molar refractivity (Wildman–Crippen MR) is 75.9 cm³/mol. The van der Waals surface area contributed by atoms with Crippen LogP contribution in [-0.2, 0) is 0 Å². The van der Waals surface area contributed by atoms with Gasteiger partial charge in [-0.2, -0.15) is 0 Å². The van der Waals surface area contributed by atoms with Crippen LogP contribution in [0.15, 0.2) is 24.3 Å². The number of piperazine rings is 1. The van der Waals surface area contributed by atoms with Crippen molar-refractivity contribution in [1.29, 1.82) is 0 Å². The number of nitrogens with zero attached hydrogens (tertiary/aromatic N) is 2. The summed E-state index contributed by atoms with van der Waals surface area (Å²) in [4.78, 5) is 25.0. The quantitative estimate of drug-likeness (QED) is 0.501. The topological polar surface area (TPSA) is 75.5 Å². The number of benzene rings is 1. The summed E-state index contributed by atoms with van der Waals surface area (Å²) in [6.45, 7) is 5.39. The molecule has 1 saturated heterocycles. The first-order chi connectivity index (χ1) is 9.63. The molecule has 1 aliphatic rings. The molecule has 0 spiro atoms. The lowest BCUT2D eigenvalue weighted by molar-refractivity contribution is -0.384. The van der Waals surface area contributed by atoms with Crippen LogP contribution in [0.5, 0.6) is 0 Å². The Labute approximate surface area is 117 Å². The summed E-state index contributed by atoms with van der Waals surface area (Å²) < 4.78 is 0. The van der Waals surface area contributed by atoms with Crippen LogP contribution < -0.4 is 5.32 Å². The van der Waals surface area contributed by atoms with Crippen LogP contribution in [-0.4, -0.2) is 47.8 Å². The monoisotopic (exact) mass is 277 g/mol. The number of hydrogen-bond donors (Lipinski definition) is 1. The van der Waals surface area contributed by atoms with Crippen molar-refractivity contribution in [1.82, 2.24) is 10.2 Å². The third-order valence-electron chi connectivity index (χ3n) is 3.62. The van der Waals surface area contributed by atoms with Gasteiger partial charge in [-0.25, -0.2) is 0 Å². The number of carbonyl (C=O) groups is 1. The smallest absolute Gasteiger partial charge is 0.270 e. The maximum atomic E-state index is 12.6. The van der Waals surface area contributed by atoms with Crippen LogP contribution in [0.2, 0.25) is 0 Å². The maximum absolute atomic E-state index is 12.6. The number of hydrogen-bond acceptors (Lipinski definition) is 5. The third-order valence-corrected chi connectivity index (χ3v) is 3.62. The summed E-state index contributed by atoms with van der Waals surface area (Å²) in [6, 6.07) is 5.80. The van der Waals surface area contributed by atoms with Gasteiger partial charge in [-0.15, -0.1) is 0 Å². The lowest BCUT2D eigenvalue weighted by Crippen LogP contribution is -2.51. The van der Waals surface area contributed by atoms with Crippen LogP contribution >= 0.6 is 0 Å². The first kappa shape index (κ1) is 14.6. The van der Waals surface area contributed by atoms with Crippen LogP contribution in [0.4, 0.5) is 5.69 Å². The molecule has 0 aliphatic carbocycles. The molecule has 0 radical (unpaired) electrons. The van der Waals surface area contributed by atoms with E-state index in [4.69, 9.17) is 0 Å². The second-order valence-electron chi connectivity index (χ2n) is 4.88. The molecule has 1 atom stereocenters. The number of non-ortho nitro benzene ring substituents is 1. The Bertz CT molecular complexity index is 498. The Morgan fingerprint density at radius 3 is 2.75 bits per heavy atom. The molecular weight excluding hydrogens is 258 g/mol. The first-order valence-corrected chi connectivity index (χ1v) is 6.87. The maximum Gasteiger partial charge on any atom is 0.270 e. The van der Waals surface area contributed by atoms with E-state index in [0.29, 0.717) is 12.0 Å². The fraction of sp³-hybridized carbons (Fsp3) is 0.500. The van der Waals surface area contributed by atoms with E-state index < -0.39 is 4.92 Å². The van der Waals surface area contributed by atoms with E-state index in [1.54, 1.807) is 12.1 Å². The highest BCUT2D eigenvalue weighted by Crippen LogP contribution is 2.18. The predicted octanol–water partition coefficient (Wildman–Crippen LogP) is 1.46. The third kappa shape index (κ3) is 3.20. The van der Waals surface area contributed by atoms with Crippen molar-refractivity contribution in [3.63, 3.8) is 0 Å². The molecule has 1 heterocycles. The number of nitro groups is 1. The molecule has 0 aromatic heterocycles. The van der Waals surface area contributed by atoms with Crippen molar-refractivity contribution in [2.45, 2.75) is 19.4 Å². The van der Waals surface area contributed by atoms with Gasteiger partial charge in [0.15, 0.2) is 5.78 Å². The van der Waals surface area contributed by atoms with Crippen molar-refractivity contribution in [3.8, 4) is 0 Å². The fourth-order valence-corrected chi connectivity index (χ4v) is 2.57. The van der Waals surface area contributed by atoms with Gasteiger partial charge in [-0.05, 0) is 6.42 Å². The SMILES string of the molecule is CCC(C(=O)c1cccc([N+](=O)[O-])c1)N1CCNCC1. The molecular formula is C14H19N3O3. The molecule has 2 rings (SSSR count). The van der Waals surface area contributed by atoms with Crippen LogP contribution in [0, 0.1) is 10.1 Å². The zero-order valence-corrected chi connectivity index (χ0v) is 11.5. The Morgan fingerprint density at radius 1 is 1.45 bits per heavy atom.